The molecule has 2 rings (SSSR count). The van der Waals surface area contributed by atoms with Crippen molar-refractivity contribution >= 4 is 17.8 Å². The highest BCUT2D eigenvalue weighted by Gasteiger charge is 2.35. The second-order valence-corrected chi connectivity index (χ2v) is 4.28. The van der Waals surface area contributed by atoms with Gasteiger partial charge in [-0.2, -0.15) is 0 Å². The molecular formula is C12H14N2O5. The lowest BCUT2D eigenvalue weighted by Gasteiger charge is -2.22. The van der Waals surface area contributed by atoms with E-state index < -0.39 is 17.9 Å². The lowest BCUT2D eigenvalue weighted by atomic mass is 10.2. The van der Waals surface area contributed by atoms with Crippen LogP contribution in [0.3, 0.4) is 0 Å². The molecule has 0 saturated carbocycles. The van der Waals surface area contributed by atoms with Gasteiger partial charge in [0, 0.05) is 19.7 Å². The van der Waals surface area contributed by atoms with Crippen molar-refractivity contribution in [2.24, 2.45) is 0 Å². The number of carboxylic acids is 1. The van der Waals surface area contributed by atoms with Crippen molar-refractivity contribution in [2.75, 3.05) is 13.6 Å². The van der Waals surface area contributed by atoms with Gasteiger partial charge in [0.25, 0.3) is 5.91 Å². The van der Waals surface area contributed by atoms with Gasteiger partial charge in [-0.05, 0) is 12.8 Å². The quantitative estimate of drug-likeness (QED) is 0.821. The molecule has 0 spiro atoms. The van der Waals surface area contributed by atoms with Crippen molar-refractivity contribution in [1.82, 2.24) is 10.2 Å². The van der Waals surface area contributed by atoms with Crippen molar-refractivity contribution in [2.45, 2.75) is 18.9 Å². The van der Waals surface area contributed by atoms with E-state index in [1.54, 1.807) is 0 Å². The first kappa shape index (κ1) is 13.1. The molecule has 1 saturated heterocycles. The highest BCUT2D eigenvalue weighted by Crippen LogP contribution is 2.21. The van der Waals surface area contributed by atoms with Crippen LogP contribution in [0.25, 0.3) is 0 Å². The molecule has 1 unspecified atom stereocenters. The highest BCUT2D eigenvalue weighted by molar-refractivity contribution is 5.98. The lowest BCUT2D eigenvalue weighted by molar-refractivity contribution is -0.124. The van der Waals surface area contributed by atoms with Crippen LogP contribution in [-0.4, -0.2) is 47.4 Å². The van der Waals surface area contributed by atoms with E-state index >= 15 is 0 Å². The summed E-state index contributed by atoms with van der Waals surface area (Å²) in [6, 6.07) is 0.653. The average molecular weight is 266 g/mol. The zero-order valence-electron chi connectivity index (χ0n) is 10.4. The summed E-state index contributed by atoms with van der Waals surface area (Å²) < 4.78 is 4.96. The van der Waals surface area contributed by atoms with E-state index in [2.05, 4.69) is 5.32 Å². The fraction of sp³-hybridized carbons (Fsp3) is 0.417. The van der Waals surface area contributed by atoms with Gasteiger partial charge in [-0.3, -0.25) is 9.59 Å². The minimum atomic E-state index is -1.16. The molecule has 0 radical (unpaired) electrons. The van der Waals surface area contributed by atoms with Crippen LogP contribution in [0.15, 0.2) is 16.7 Å². The monoisotopic (exact) mass is 266 g/mol. The number of carbonyl (C=O) groups excluding carboxylic acids is 2. The Balaban J connectivity index is 2.18. The molecule has 0 aromatic carbocycles. The third-order valence-electron chi connectivity index (χ3n) is 3.12. The number of amides is 2. The predicted octanol–water partition coefficient (Wildman–Crippen LogP) is 0.328. The summed E-state index contributed by atoms with van der Waals surface area (Å²) in [5.41, 5.74) is -0.0842. The van der Waals surface area contributed by atoms with Crippen LogP contribution in [0.2, 0.25) is 0 Å². The van der Waals surface area contributed by atoms with Gasteiger partial charge < -0.3 is 19.7 Å². The normalized spacial score (nSPS) is 18.4. The molecule has 0 bridgehead atoms. The van der Waals surface area contributed by atoms with E-state index in [4.69, 9.17) is 9.52 Å². The Hall–Kier alpha value is -2.31. The van der Waals surface area contributed by atoms with E-state index in [0.717, 1.165) is 12.7 Å². The minimum Gasteiger partial charge on any atom is -0.478 e. The van der Waals surface area contributed by atoms with Crippen LogP contribution in [0, 0.1) is 0 Å². The number of rotatable bonds is 3. The summed E-state index contributed by atoms with van der Waals surface area (Å²) in [4.78, 5) is 36.0. The fourth-order valence-electron chi connectivity index (χ4n) is 2.15. The van der Waals surface area contributed by atoms with E-state index in [1.807, 2.05) is 0 Å². The average Bonchev–Trinajstić information content (AvgIpc) is 3.05. The van der Waals surface area contributed by atoms with Crippen molar-refractivity contribution in [3.05, 3.63) is 23.7 Å². The first-order chi connectivity index (χ1) is 9.04. The molecule has 7 nitrogen and oxygen atoms in total. The van der Waals surface area contributed by atoms with E-state index in [-0.39, 0.29) is 17.2 Å². The van der Waals surface area contributed by atoms with Gasteiger partial charge in [0.2, 0.25) is 5.91 Å². The number of hydrogen-bond acceptors (Lipinski definition) is 4. The molecule has 2 N–H and O–H groups in total. The summed E-state index contributed by atoms with van der Waals surface area (Å²) in [6.07, 6.45) is 2.34. The van der Waals surface area contributed by atoms with Crippen LogP contribution in [0.5, 0.6) is 0 Å². The molecule has 102 valence electrons. The molecule has 7 heteroatoms. The number of nitrogens with zero attached hydrogens (tertiary/aromatic N) is 1. The Morgan fingerprint density at radius 3 is 2.79 bits per heavy atom. The maximum atomic E-state index is 12.2. The number of carboxylic acid groups (broad SMARTS) is 1. The minimum absolute atomic E-state index is 0.0618. The largest absolute Gasteiger partial charge is 0.478 e. The smallest absolute Gasteiger partial charge is 0.338 e. The van der Waals surface area contributed by atoms with Gasteiger partial charge >= 0.3 is 5.97 Å². The molecule has 1 aliphatic rings. The second-order valence-electron chi connectivity index (χ2n) is 4.28. The molecule has 0 aliphatic carbocycles. The van der Waals surface area contributed by atoms with Gasteiger partial charge in [0.15, 0.2) is 5.76 Å². The van der Waals surface area contributed by atoms with Crippen LogP contribution in [0.4, 0.5) is 0 Å². The third-order valence-corrected chi connectivity index (χ3v) is 3.12. The zero-order valence-corrected chi connectivity index (χ0v) is 10.4. The predicted molar refractivity (Wildman–Crippen MR) is 63.8 cm³/mol. The Bertz CT molecular complexity index is 522. The Kier molecular flexibility index (Phi) is 3.55. The molecule has 1 atom stereocenters. The summed E-state index contributed by atoms with van der Waals surface area (Å²) >= 11 is 0. The zero-order chi connectivity index (χ0) is 14.0. The third kappa shape index (κ3) is 2.44. The van der Waals surface area contributed by atoms with Gasteiger partial charge in [0.05, 0.1) is 5.56 Å². The van der Waals surface area contributed by atoms with Gasteiger partial charge in [0.1, 0.15) is 12.3 Å². The summed E-state index contributed by atoms with van der Waals surface area (Å²) in [5, 5.41) is 11.3. The standard InChI is InChI=1S/C12H14N2O5/c1-13-10(15)8-3-2-4-14(8)11(16)9-5-7(6-19-9)12(17)18/h5-6,8H,2-4H2,1H3,(H,13,15)(H,17,18). The Morgan fingerprint density at radius 2 is 2.21 bits per heavy atom. The van der Waals surface area contributed by atoms with Crippen molar-refractivity contribution in [3.8, 4) is 0 Å². The second kappa shape index (κ2) is 5.13. The van der Waals surface area contributed by atoms with E-state index in [9.17, 15) is 14.4 Å². The molecule has 1 aromatic rings. The number of likely N-dealkylation sites (N-methyl/N-ethyl adjacent to an activating group) is 1. The van der Waals surface area contributed by atoms with Gasteiger partial charge in [-0.15, -0.1) is 0 Å². The Labute approximate surface area is 109 Å². The van der Waals surface area contributed by atoms with Gasteiger partial charge in [-0.1, -0.05) is 0 Å². The maximum Gasteiger partial charge on any atom is 0.338 e. The summed E-state index contributed by atoms with van der Waals surface area (Å²) in [5.74, 6) is -1.91. The van der Waals surface area contributed by atoms with Crippen LogP contribution in [0.1, 0.15) is 33.8 Å². The topological polar surface area (TPSA) is 99.9 Å². The van der Waals surface area contributed by atoms with Crippen LogP contribution in [-0.2, 0) is 4.79 Å². The first-order valence-electron chi connectivity index (χ1n) is 5.89. The van der Waals surface area contributed by atoms with E-state index in [1.165, 1.54) is 18.0 Å². The number of hydrogen-bond donors (Lipinski definition) is 2. The molecule has 2 amide bonds. The molecule has 1 fully saturated rings. The number of furan rings is 1. The van der Waals surface area contributed by atoms with Crippen molar-refractivity contribution in [3.63, 3.8) is 0 Å². The summed E-state index contributed by atoms with van der Waals surface area (Å²) in [6.45, 7) is 0.458. The Morgan fingerprint density at radius 1 is 1.47 bits per heavy atom. The molecule has 19 heavy (non-hydrogen) atoms. The van der Waals surface area contributed by atoms with Crippen LogP contribution >= 0.6 is 0 Å². The van der Waals surface area contributed by atoms with Crippen molar-refractivity contribution in [1.29, 1.82) is 0 Å². The molecule has 2 heterocycles. The lowest BCUT2D eigenvalue weighted by Crippen LogP contribution is -2.44. The molecule has 1 aromatic heterocycles. The fourth-order valence-corrected chi connectivity index (χ4v) is 2.15. The SMILES string of the molecule is CNC(=O)C1CCCN1C(=O)c1cc(C(=O)O)co1. The van der Waals surface area contributed by atoms with Crippen molar-refractivity contribution < 1.29 is 23.9 Å². The summed E-state index contributed by atoms with van der Waals surface area (Å²) in [7, 11) is 1.51. The van der Waals surface area contributed by atoms with Crippen LogP contribution < -0.4 is 5.32 Å². The number of nitrogens with one attached hydrogen (secondary N) is 1. The first-order valence-corrected chi connectivity index (χ1v) is 5.89. The maximum absolute atomic E-state index is 12.2. The molecule has 1 aliphatic heterocycles. The molecular weight excluding hydrogens is 252 g/mol. The number of carbonyl (C=O) groups is 3. The number of aromatic carboxylic acids is 1. The van der Waals surface area contributed by atoms with Gasteiger partial charge in [-0.25, -0.2) is 4.79 Å². The number of likely N-dealkylation sites (tertiary alicyclic amines) is 1. The van der Waals surface area contributed by atoms with E-state index in [0.29, 0.717) is 13.0 Å². The highest BCUT2D eigenvalue weighted by atomic mass is 16.4.